The molecule has 1 aromatic heterocycles. The van der Waals surface area contributed by atoms with Crippen LogP contribution in [0.15, 0.2) is 18.2 Å². The number of nitrogens with zero attached hydrogens (tertiary/aromatic N) is 1. The number of imidazole rings is 1. The number of aliphatic hydroxyl groups is 1. The van der Waals surface area contributed by atoms with Gasteiger partial charge in [-0.05, 0) is 17.7 Å². The molecule has 14 heavy (non-hydrogen) atoms. The number of fused-ring (bicyclic) bond motifs is 1. The number of H-pyrrole nitrogens is 1. The molecule has 0 atom stereocenters. The highest BCUT2D eigenvalue weighted by molar-refractivity contribution is 5.75. The van der Waals surface area contributed by atoms with Crippen molar-refractivity contribution < 1.29 is 5.11 Å². The van der Waals surface area contributed by atoms with Gasteiger partial charge in [0.05, 0.1) is 17.6 Å². The summed E-state index contributed by atoms with van der Waals surface area (Å²) < 4.78 is 0. The van der Waals surface area contributed by atoms with E-state index in [1.54, 1.807) is 0 Å². The minimum Gasteiger partial charge on any atom is -0.392 e. The summed E-state index contributed by atoms with van der Waals surface area (Å²) in [7, 11) is 0. The van der Waals surface area contributed by atoms with Crippen molar-refractivity contribution in [1.29, 1.82) is 0 Å². The first-order valence-electron chi connectivity index (χ1n) is 4.80. The summed E-state index contributed by atoms with van der Waals surface area (Å²) in [6.45, 7) is 4.28. The van der Waals surface area contributed by atoms with Crippen LogP contribution in [-0.4, -0.2) is 15.1 Å². The Morgan fingerprint density at radius 1 is 1.43 bits per heavy atom. The Morgan fingerprint density at radius 3 is 2.86 bits per heavy atom. The lowest BCUT2D eigenvalue weighted by Gasteiger charge is -1.96. The second kappa shape index (κ2) is 3.42. The molecule has 0 aliphatic heterocycles. The van der Waals surface area contributed by atoms with Crippen LogP contribution in [0.1, 0.15) is 31.2 Å². The van der Waals surface area contributed by atoms with Gasteiger partial charge in [0.15, 0.2) is 0 Å². The molecule has 0 saturated carbocycles. The summed E-state index contributed by atoms with van der Waals surface area (Å²) in [4.78, 5) is 7.70. The van der Waals surface area contributed by atoms with Crippen LogP contribution in [0.3, 0.4) is 0 Å². The van der Waals surface area contributed by atoms with Crippen LogP contribution in [0.5, 0.6) is 0 Å². The molecule has 2 rings (SSSR count). The molecule has 1 aromatic carbocycles. The molecule has 0 radical (unpaired) electrons. The number of aromatic nitrogens is 2. The minimum absolute atomic E-state index is 0.0754. The molecule has 0 aliphatic carbocycles. The Balaban J connectivity index is 2.54. The van der Waals surface area contributed by atoms with Gasteiger partial charge in [-0.25, -0.2) is 4.98 Å². The van der Waals surface area contributed by atoms with E-state index in [0.717, 1.165) is 22.4 Å². The van der Waals surface area contributed by atoms with Gasteiger partial charge in [0, 0.05) is 5.92 Å². The quantitative estimate of drug-likeness (QED) is 0.762. The summed E-state index contributed by atoms with van der Waals surface area (Å²) in [6, 6.07) is 5.77. The molecule has 2 N–H and O–H groups in total. The number of aliphatic hydroxyl groups excluding tert-OH is 1. The van der Waals surface area contributed by atoms with Gasteiger partial charge in [0.25, 0.3) is 0 Å². The van der Waals surface area contributed by atoms with E-state index in [1.165, 1.54) is 0 Å². The maximum Gasteiger partial charge on any atom is 0.109 e. The van der Waals surface area contributed by atoms with Gasteiger partial charge < -0.3 is 10.1 Å². The lowest BCUT2D eigenvalue weighted by molar-refractivity contribution is 0.282. The SMILES string of the molecule is CC(C)c1nc2ccc(CO)cc2[nH]1. The highest BCUT2D eigenvalue weighted by Crippen LogP contribution is 2.18. The molecular formula is C11H14N2O. The molecule has 0 unspecified atom stereocenters. The van der Waals surface area contributed by atoms with E-state index in [2.05, 4.69) is 23.8 Å². The van der Waals surface area contributed by atoms with Gasteiger partial charge >= 0.3 is 0 Å². The molecule has 0 spiro atoms. The zero-order valence-corrected chi connectivity index (χ0v) is 8.41. The van der Waals surface area contributed by atoms with Crippen LogP contribution in [0.4, 0.5) is 0 Å². The number of nitrogens with one attached hydrogen (secondary N) is 1. The Bertz CT molecular complexity index is 445. The lowest BCUT2D eigenvalue weighted by Crippen LogP contribution is -1.88. The molecule has 0 amide bonds. The summed E-state index contributed by atoms with van der Waals surface area (Å²) in [5.74, 6) is 1.40. The van der Waals surface area contributed by atoms with E-state index in [-0.39, 0.29) is 6.61 Å². The van der Waals surface area contributed by atoms with Crippen LogP contribution < -0.4 is 0 Å². The normalized spacial score (nSPS) is 11.4. The molecule has 0 fully saturated rings. The zero-order chi connectivity index (χ0) is 10.1. The second-order valence-electron chi connectivity index (χ2n) is 3.79. The van der Waals surface area contributed by atoms with Crippen molar-refractivity contribution in [3.05, 3.63) is 29.6 Å². The molecule has 3 nitrogen and oxygen atoms in total. The van der Waals surface area contributed by atoms with Crippen molar-refractivity contribution in [2.45, 2.75) is 26.4 Å². The van der Waals surface area contributed by atoms with E-state index < -0.39 is 0 Å². The van der Waals surface area contributed by atoms with Crippen LogP contribution >= 0.6 is 0 Å². The fraction of sp³-hybridized carbons (Fsp3) is 0.364. The van der Waals surface area contributed by atoms with Crippen LogP contribution in [-0.2, 0) is 6.61 Å². The highest BCUT2D eigenvalue weighted by atomic mass is 16.3. The Morgan fingerprint density at radius 2 is 2.21 bits per heavy atom. The monoisotopic (exact) mass is 190 g/mol. The number of rotatable bonds is 2. The standard InChI is InChI=1S/C11H14N2O/c1-7(2)11-12-9-4-3-8(6-14)5-10(9)13-11/h3-5,7,14H,6H2,1-2H3,(H,12,13). The number of benzene rings is 1. The van der Waals surface area contributed by atoms with Gasteiger partial charge in [-0.1, -0.05) is 19.9 Å². The Kier molecular flexibility index (Phi) is 2.25. The van der Waals surface area contributed by atoms with Crippen LogP contribution in [0.25, 0.3) is 11.0 Å². The van der Waals surface area contributed by atoms with Crippen molar-refractivity contribution in [1.82, 2.24) is 9.97 Å². The van der Waals surface area contributed by atoms with E-state index in [4.69, 9.17) is 5.11 Å². The molecule has 0 saturated heterocycles. The second-order valence-corrected chi connectivity index (χ2v) is 3.79. The molecular weight excluding hydrogens is 176 g/mol. The highest BCUT2D eigenvalue weighted by Gasteiger charge is 2.06. The van der Waals surface area contributed by atoms with Gasteiger partial charge in [-0.2, -0.15) is 0 Å². The average molecular weight is 190 g/mol. The van der Waals surface area contributed by atoms with Gasteiger partial charge in [0.2, 0.25) is 0 Å². The zero-order valence-electron chi connectivity index (χ0n) is 8.41. The molecule has 1 heterocycles. The van der Waals surface area contributed by atoms with E-state index in [0.29, 0.717) is 5.92 Å². The van der Waals surface area contributed by atoms with Crippen molar-refractivity contribution in [3.63, 3.8) is 0 Å². The third kappa shape index (κ3) is 1.51. The third-order valence-electron chi connectivity index (χ3n) is 2.29. The minimum atomic E-state index is 0.0754. The largest absolute Gasteiger partial charge is 0.392 e. The lowest BCUT2D eigenvalue weighted by atomic mass is 10.2. The van der Waals surface area contributed by atoms with Gasteiger partial charge in [0.1, 0.15) is 5.82 Å². The number of aromatic amines is 1. The molecule has 0 aliphatic rings. The number of hydrogen-bond acceptors (Lipinski definition) is 2. The fourth-order valence-corrected chi connectivity index (χ4v) is 1.45. The maximum atomic E-state index is 8.98. The molecule has 2 aromatic rings. The van der Waals surface area contributed by atoms with E-state index in [9.17, 15) is 0 Å². The van der Waals surface area contributed by atoms with Crippen molar-refractivity contribution in [3.8, 4) is 0 Å². The van der Waals surface area contributed by atoms with Crippen molar-refractivity contribution in [2.75, 3.05) is 0 Å². The predicted molar refractivity (Wildman–Crippen MR) is 56.1 cm³/mol. The summed E-state index contributed by atoms with van der Waals surface area (Å²) in [6.07, 6.45) is 0. The number of hydrogen-bond donors (Lipinski definition) is 2. The molecule has 0 bridgehead atoms. The summed E-state index contributed by atoms with van der Waals surface area (Å²) in [5, 5.41) is 8.98. The van der Waals surface area contributed by atoms with Crippen molar-refractivity contribution >= 4 is 11.0 Å². The van der Waals surface area contributed by atoms with E-state index in [1.807, 2.05) is 18.2 Å². The van der Waals surface area contributed by atoms with Gasteiger partial charge in [-0.15, -0.1) is 0 Å². The summed E-state index contributed by atoms with van der Waals surface area (Å²) in [5.41, 5.74) is 2.88. The van der Waals surface area contributed by atoms with E-state index >= 15 is 0 Å². The van der Waals surface area contributed by atoms with Crippen LogP contribution in [0.2, 0.25) is 0 Å². The maximum absolute atomic E-state index is 8.98. The van der Waals surface area contributed by atoms with Crippen LogP contribution in [0, 0.1) is 0 Å². The smallest absolute Gasteiger partial charge is 0.109 e. The first kappa shape index (κ1) is 9.21. The Hall–Kier alpha value is -1.35. The molecule has 3 heteroatoms. The van der Waals surface area contributed by atoms with Gasteiger partial charge in [-0.3, -0.25) is 0 Å². The Labute approximate surface area is 82.8 Å². The topological polar surface area (TPSA) is 48.9 Å². The molecule has 74 valence electrons. The summed E-state index contributed by atoms with van der Waals surface area (Å²) >= 11 is 0. The third-order valence-corrected chi connectivity index (χ3v) is 2.29. The first-order valence-corrected chi connectivity index (χ1v) is 4.80. The predicted octanol–water partition coefficient (Wildman–Crippen LogP) is 2.18. The van der Waals surface area contributed by atoms with Crippen molar-refractivity contribution in [2.24, 2.45) is 0 Å². The fourth-order valence-electron chi connectivity index (χ4n) is 1.45. The average Bonchev–Trinajstić information content (AvgIpc) is 2.59. The first-order chi connectivity index (χ1) is 6.70.